The molecule has 0 aliphatic heterocycles. The number of benzene rings is 4. The number of carbonyl (C=O) groups is 1. The first-order valence-electron chi connectivity index (χ1n) is 11.9. The van der Waals surface area contributed by atoms with Gasteiger partial charge in [0.05, 0.1) is 5.69 Å². The van der Waals surface area contributed by atoms with E-state index < -0.39 is 0 Å². The number of hydrogen-bond donors (Lipinski definition) is 1. The van der Waals surface area contributed by atoms with E-state index in [9.17, 15) is 4.79 Å². The first kappa shape index (κ1) is 22.6. The van der Waals surface area contributed by atoms with Gasteiger partial charge < -0.3 is 10.1 Å². The molecule has 1 unspecified atom stereocenters. The lowest BCUT2D eigenvalue weighted by Crippen LogP contribution is -2.20. The Hall–Kier alpha value is -4.19. The highest BCUT2D eigenvalue weighted by Crippen LogP contribution is 2.25. The number of carbonyl (C=O) groups excluding carboxylic acids is 1. The standard InChI is InChI=1S/C29H28N4O2/c1-4-19(2)21-12-14-23(15-13-21)35-18-29(34)30-25-17-27-26(16-20(25)3)31-33(32-27)28-11-7-9-22-8-5-6-10-24(22)28/h5-17,19H,4,18H2,1-3H3,(H,30,34). The van der Waals surface area contributed by atoms with Crippen molar-refractivity contribution in [3.05, 3.63) is 90.0 Å². The average Bonchev–Trinajstić information content (AvgIpc) is 3.29. The molecule has 0 saturated heterocycles. The zero-order chi connectivity index (χ0) is 24.4. The molecule has 0 aliphatic rings. The van der Waals surface area contributed by atoms with E-state index in [1.807, 2.05) is 55.5 Å². The van der Waals surface area contributed by atoms with Crippen molar-refractivity contribution in [2.24, 2.45) is 0 Å². The first-order chi connectivity index (χ1) is 17.0. The van der Waals surface area contributed by atoms with Crippen LogP contribution in [-0.4, -0.2) is 27.5 Å². The largest absolute Gasteiger partial charge is 0.484 e. The Morgan fingerprint density at radius 2 is 1.69 bits per heavy atom. The maximum atomic E-state index is 12.6. The summed E-state index contributed by atoms with van der Waals surface area (Å²) in [6, 6.07) is 26.0. The summed E-state index contributed by atoms with van der Waals surface area (Å²) < 4.78 is 5.69. The molecule has 1 heterocycles. The molecule has 0 fully saturated rings. The van der Waals surface area contributed by atoms with Crippen molar-refractivity contribution in [2.45, 2.75) is 33.1 Å². The van der Waals surface area contributed by atoms with Gasteiger partial charge in [0.15, 0.2) is 6.61 Å². The summed E-state index contributed by atoms with van der Waals surface area (Å²) in [5.74, 6) is 0.959. The quantitative estimate of drug-likeness (QED) is 0.302. The Kier molecular flexibility index (Phi) is 6.19. The summed E-state index contributed by atoms with van der Waals surface area (Å²) in [7, 11) is 0. The fraction of sp³-hybridized carbons (Fsp3) is 0.207. The molecule has 1 amide bonds. The van der Waals surface area contributed by atoms with Crippen LogP contribution in [0.25, 0.3) is 27.5 Å². The lowest BCUT2D eigenvalue weighted by atomic mass is 9.99. The highest BCUT2D eigenvalue weighted by atomic mass is 16.5. The van der Waals surface area contributed by atoms with Gasteiger partial charge in [0.2, 0.25) is 0 Å². The van der Waals surface area contributed by atoms with Crippen LogP contribution in [0.4, 0.5) is 5.69 Å². The van der Waals surface area contributed by atoms with Crippen LogP contribution in [0.15, 0.2) is 78.9 Å². The Bertz CT molecular complexity index is 1500. The van der Waals surface area contributed by atoms with Gasteiger partial charge in [-0.05, 0) is 66.1 Å². The van der Waals surface area contributed by atoms with Crippen molar-refractivity contribution in [2.75, 3.05) is 11.9 Å². The summed E-state index contributed by atoms with van der Waals surface area (Å²) >= 11 is 0. The van der Waals surface area contributed by atoms with Gasteiger partial charge in [0.25, 0.3) is 5.91 Å². The van der Waals surface area contributed by atoms with Gasteiger partial charge in [0.1, 0.15) is 16.8 Å². The van der Waals surface area contributed by atoms with E-state index in [-0.39, 0.29) is 12.5 Å². The third kappa shape index (κ3) is 4.73. The maximum Gasteiger partial charge on any atom is 0.262 e. The minimum atomic E-state index is -0.222. The molecule has 1 aromatic heterocycles. The molecule has 4 aromatic carbocycles. The zero-order valence-corrected chi connectivity index (χ0v) is 20.2. The minimum Gasteiger partial charge on any atom is -0.484 e. The van der Waals surface area contributed by atoms with E-state index in [0.717, 1.165) is 34.0 Å². The smallest absolute Gasteiger partial charge is 0.262 e. The Labute approximate surface area is 204 Å². The summed E-state index contributed by atoms with van der Waals surface area (Å²) in [6.45, 7) is 6.25. The minimum absolute atomic E-state index is 0.0666. The topological polar surface area (TPSA) is 69.0 Å². The monoisotopic (exact) mass is 464 g/mol. The number of fused-ring (bicyclic) bond motifs is 2. The molecule has 0 aliphatic carbocycles. The number of amides is 1. The number of nitrogens with one attached hydrogen (secondary N) is 1. The maximum absolute atomic E-state index is 12.6. The highest BCUT2D eigenvalue weighted by Gasteiger charge is 2.13. The fourth-order valence-corrected chi connectivity index (χ4v) is 4.16. The number of nitrogens with zero attached hydrogens (tertiary/aromatic N) is 3. The lowest BCUT2D eigenvalue weighted by Gasteiger charge is -2.11. The molecule has 1 atom stereocenters. The molecule has 6 heteroatoms. The Morgan fingerprint density at radius 3 is 2.46 bits per heavy atom. The number of aryl methyl sites for hydroxylation is 1. The lowest BCUT2D eigenvalue weighted by molar-refractivity contribution is -0.118. The molecule has 0 saturated carbocycles. The molecule has 1 N–H and O–H groups in total. The molecule has 35 heavy (non-hydrogen) atoms. The van der Waals surface area contributed by atoms with Crippen molar-refractivity contribution < 1.29 is 9.53 Å². The highest BCUT2D eigenvalue weighted by molar-refractivity contribution is 5.95. The number of aromatic nitrogens is 3. The molecular formula is C29H28N4O2. The Balaban J connectivity index is 1.32. The third-order valence-electron chi connectivity index (χ3n) is 6.41. The van der Waals surface area contributed by atoms with Gasteiger partial charge in [-0.15, -0.1) is 15.0 Å². The van der Waals surface area contributed by atoms with Crippen LogP contribution in [0.3, 0.4) is 0 Å². The number of ether oxygens (including phenoxy) is 1. The van der Waals surface area contributed by atoms with Crippen LogP contribution >= 0.6 is 0 Å². The van der Waals surface area contributed by atoms with E-state index in [2.05, 4.69) is 59.7 Å². The van der Waals surface area contributed by atoms with Crippen molar-refractivity contribution in [1.29, 1.82) is 0 Å². The summed E-state index contributed by atoms with van der Waals surface area (Å²) in [4.78, 5) is 14.2. The number of rotatable bonds is 7. The van der Waals surface area contributed by atoms with Crippen molar-refractivity contribution >= 4 is 33.4 Å². The van der Waals surface area contributed by atoms with Gasteiger partial charge in [-0.2, -0.15) is 0 Å². The van der Waals surface area contributed by atoms with Gasteiger partial charge in [-0.25, -0.2) is 0 Å². The summed E-state index contributed by atoms with van der Waals surface area (Å²) in [5.41, 5.74) is 5.27. The number of anilines is 1. The van der Waals surface area contributed by atoms with Crippen LogP contribution in [0.1, 0.15) is 37.3 Å². The first-order valence-corrected chi connectivity index (χ1v) is 11.9. The van der Waals surface area contributed by atoms with Crippen LogP contribution < -0.4 is 10.1 Å². The van der Waals surface area contributed by atoms with Crippen LogP contribution in [-0.2, 0) is 4.79 Å². The zero-order valence-electron chi connectivity index (χ0n) is 20.2. The molecule has 5 aromatic rings. The Morgan fingerprint density at radius 1 is 0.971 bits per heavy atom. The summed E-state index contributed by atoms with van der Waals surface area (Å²) in [5, 5.41) is 14.5. The van der Waals surface area contributed by atoms with Crippen molar-refractivity contribution in [1.82, 2.24) is 15.0 Å². The van der Waals surface area contributed by atoms with Gasteiger partial charge in [-0.3, -0.25) is 4.79 Å². The number of hydrogen-bond acceptors (Lipinski definition) is 4. The van der Waals surface area contributed by atoms with Gasteiger partial charge in [0, 0.05) is 11.1 Å². The predicted octanol–water partition coefficient (Wildman–Crippen LogP) is 6.41. The van der Waals surface area contributed by atoms with Gasteiger partial charge in [-0.1, -0.05) is 62.4 Å². The second kappa shape index (κ2) is 9.58. The molecule has 0 bridgehead atoms. The van der Waals surface area contributed by atoms with E-state index >= 15 is 0 Å². The SMILES string of the molecule is CCC(C)c1ccc(OCC(=O)Nc2cc3nn(-c4cccc5ccccc45)nc3cc2C)cc1. The van der Waals surface area contributed by atoms with E-state index in [1.165, 1.54) is 5.56 Å². The second-order valence-corrected chi connectivity index (χ2v) is 8.86. The van der Waals surface area contributed by atoms with E-state index in [4.69, 9.17) is 4.74 Å². The third-order valence-corrected chi connectivity index (χ3v) is 6.41. The summed E-state index contributed by atoms with van der Waals surface area (Å²) in [6.07, 6.45) is 1.09. The molecule has 6 nitrogen and oxygen atoms in total. The molecule has 176 valence electrons. The second-order valence-electron chi connectivity index (χ2n) is 8.86. The molecule has 5 rings (SSSR count). The van der Waals surface area contributed by atoms with E-state index in [0.29, 0.717) is 22.9 Å². The van der Waals surface area contributed by atoms with E-state index in [1.54, 1.807) is 4.80 Å². The average molecular weight is 465 g/mol. The van der Waals surface area contributed by atoms with Crippen molar-refractivity contribution in [3.63, 3.8) is 0 Å². The van der Waals surface area contributed by atoms with Crippen LogP contribution in [0.5, 0.6) is 5.75 Å². The molecule has 0 spiro atoms. The molecule has 0 radical (unpaired) electrons. The van der Waals surface area contributed by atoms with Crippen molar-refractivity contribution in [3.8, 4) is 11.4 Å². The fourth-order valence-electron chi connectivity index (χ4n) is 4.16. The molecular weight excluding hydrogens is 436 g/mol. The normalized spacial score (nSPS) is 12.1. The van der Waals surface area contributed by atoms with Gasteiger partial charge >= 0.3 is 0 Å². The van der Waals surface area contributed by atoms with Crippen LogP contribution in [0, 0.1) is 6.92 Å². The predicted molar refractivity (Wildman–Crippen MR) is 140 cm³/mol. The van der Waals surface area contributed by atoms with Crippen LogP contribution in [0.2, 0.25) is 0 Å².